The molecule has 0 aliphatic carbocycles. The molecule has 0 spiro atoms. The van der Waals surface area contributed by atoms with Gasteiger partial charge in [0.2, 0.25) is 0 Å². The van der Waals surface area contributed by atoms with E-state index in [1.54, 1.807) is 0 Å². The molecule has 0 bridgehead atoms. The molecule has 0 fully saturated rings. The van der Waals surface area contributed by atoms with E-state index >= 15 is 4.57 Å². The molecule has 1 unspecified atom stereocenters. The molecule has 3 heteroatoms. The van der Waals surface area contributed by atoms with E-state index in [1.165, 1.54) is 32.7 Å². The molecule has 10 rings (SSSR count). The molecule has 0 saturated carbocycles. The molecular formula is C46H29O2P. The third-order valence-corrected chi connectivity index (χ3v) is 13.2. The minimum atomic E-state index is -3.33. The number of hydrogen-bond acceptors (Lipinski definition) is 2. The standard InChI is InChI=1S/C46H29O2P/c47-49(34-26-24-30-12-1-2-14-32(30)28-34)43-23-10-9-22-41(43)48-42-27-25-33(29-44(42)49)45-37-17-5-7-19-39(37)46(40-20-8-6-18-38(40)45)36-21-11-15-31-13-3-4-16-35(31)36/h1-29H. The Kier molecular flexibility index (Phi) is 6.19. The molecule has 2 nitrogen and oxygen atoms in total. The molecular weight excluding hydrogens is 615 g/mol. The summed E-state index contributed by atoms with van der Waals surface area (Å²) < 4.78 is 22.4. The van der Waals surface area contributed by atoms with Crippen molar-refractivity contribution in [3.8, 4) is 33.8 Å². The van der Waals surface area contributed by atoms with Crippen LogP contribution in [0.3, 0.4) is 0 Å². The normalized spacial score (nSPS) is 15.3. The van der Waals surface area contributed by atoms with Gasteiger partial charge in [0.05, 0.1) is 10.6 Å². The van der Waals surface area contributed by atoms with Crippen LogP contribution in [0.1, 0.15) is 0 Å². The Hall–Kier alpha value is -5.95. The maximum absolute atomic E-state index is 15.9. The predicted octanol–water partition coefficient (Wildman–Crippen LogP) is 11.4. The first kappa shape index (κ1) is 28.1. The lowest BCUT2D eigenvalue weighted by Gasteiger charge is -2.30. The fourth-order valence-electron chi connectivity index (χ4n) is 7.88. The molecule has 1 aliphatic heterocycles. The van der Waals surface area contributed by atoms with Crippen LogP contribution in [-0.4, -0.2) is 0 Å². The van der Waals surface area contributed by atoms with Crippen molar-refractivity contribution in [2.45, 2.75) is 0 Å². The molecule has 0 saturated heterocycles. The fraction of sp³-hybridized carbons (Fsp3) is 0. The van der Waals surface area contributed by atoms with Crippen molar-refractivity contribution in [2.75, 3.05) is 0 Å². The molecule has 230 valence electrons. The number of fused-ring (bicyclic) bond motifs is 6. The van der Waals surface area contributed by atoms with Gasteiger partial charge in [-0.2, -0.15) is 0 Å². The molecule has 0 aromatic heterocycles. The van der Waals surface area contributed by atoms with Crippen molar-refractivity contribution in [1.82, 2.24) is 0 Å². The summed E-state index contributed by atoms with van der Waals surface area (Å²) in [4.78, 5) is 0. The van der Waals surface area contributed by atoms with Gasteiger partial charge in [-0.05, 0) is 95.7 Å². The summed E-state index contributed by atoms with van der Waals surface area (Å²) >= 11 is 0. The molecule has 1 aliphatic rings. The highest BCUT2D eigenvalue weighted by molar-refractivity contribution is 7.85. The van der Waals surface area contributed by atoms with Gasteiger partial charge in [-0.1, -0.05) is 146 Å². The number of ether oxygens (including phenoxy) is 1. The minimum Gasteiger partial charge on any atom is -0.456 e. The third-order valence-electron chi connectivity index (χ3n) is 10.1. The zero-order valence-corrected chi connectivity index (χ0v) is 27.4. The Morgan fingerprint density at radius 2 is 0.959 bits per heavy atom. The molecule has 9 aromatic rings. The van der Waals surface area contributed by atoms with E-state index in [1.807, 2.05) is 48.5 Å². The lowest BCUT2D eigenvalue weighted by Crippen LogP contribution is -2.30. The lowest BCUT2D eigenvalue weighted by atomic mass is 9.85. The van der Waals surface area contributed by atoms with Gasteiger partial charge in [0.15, 0.2) is 7.14 Å². The Morgan fingerprint density at radius 3 is 1.71 bits per heavy atom. The van der Waals surface area contributed by atoms with Crippen LogP contribution in [0, 0.1) is 0 Å². The van der Waals surface area contributed by atoms with E-state index in [0.717, 1.165) is 48.6 Å². The fourth-order valence-corrected chi connectivity index (χ4v) is 10.8. The first-order valence-electron chi connectivity index (χ1n) is 16.6. The first-order chi connectivity index (χ1) is 24.2. The Bertz CT molecular complexity index is 2790. The molecule has 1 atom stereocenters. The molecule has 0 N–H and O–H groups in total. The van der Waals surface area contributed by atoms with Crippen LogP contribution in [0.25, 0.3) is 65.3 Å². The van der Waals surface area contributed by atoms with Crippen LogP contribution in [0.4, 0.5) is 0 Å². The van der Waals surface area contributed by atoms with Gasteiger partial charge in [0, 0.05) is 5.30 Å². The van der Waals surface area contributed by atoms with E-state index in [4.69, 9.17) is 4.74 Å². The smallest absolute Gasteiger partial charge is 0.178 e. The summed E-state index contributed by atoms with van der Waals surface area (Å²) in [5, 5.41) is 11.6. The van der Waals surface area contributed by atoms with Gasteiger partial charge in [-0.3, -0.25) is 0 Å². The molecule has 1 heterocycles. The highest BCUT2D eigenvalue weighted by Gasteiger charge is 2.39. The molecule has 0 amide bonds. The Labute approximate surface area is 284 Å². The van der Waals surface area contributed by atoms with E-state index in [9.17, 15) is 0 Å². The van der Waals surface area contributed by atoms with Crippen molar-refractivity contribution >= 4 is 66.1 Å². The zero-order valence-electron chi connectivity index (χ0n) is 26.5. The van der Waals surface area contributed by atoms with Crippen molar-refractivity contribution in [3.05, 3.63) is 176 Å². The largest absolute Gasteiger partial charge is 0.456 e. The number of hydrogen-bond donors (Lipinski definition) is 0. The summed E-state index contributed by atoms with van der Waals surface area (Å²) in [5.74, 6) is 1.29. The number of benzene rings is 9. The van der Waals surface area contributed by atoms with Crippen molar-refractivity contribution < 1.29 is 9.30 Å². The van der Waals surface area contributed by atoms with Crippen LogP contribution in [0.2, 0.25) is 0 Å². The summed E-state index contributed by atoms with van der Waals surface area (Å²) in [6, 6.07) is 61.1. The maximum atomic E-state index is 15.9. The van der Waals surface area contributed by atoms with Crippen LogP contribution < -0.4 is 20.7 Å². The molecule has 9 aromatic carbocycles. The van der Waals surface area contributed by atoms with E-state index in [2.05, 4.69) is 127 Å². The SMILES string of the molecule is O=P1(c2ccc3ccccc3c2)c2ccccc2Oc2ccc(-c3c4ccccc4c(-c4cccc5ccccc45)c4ccccc34)cc21. The minimum absolute atomic E-state index is 0.639. The zero-order chi connectivity index (χ0) is 32.5. The second kappa shape index (κ2) is 10.8. The van der Waals surface area contributed by atoms with Gasteiger partial charge in [0.25, 0.3) is 0 Å². The van der Waals surface area contributed by atoms with Crippen LogP contribution in [0.15, 0.2) is 176 Å². The summed E-state index contributed by atoms with van der Waals surface area (Å²) in [6.07, 6.45) is 0. The highest BCUT2D eigenvalue weighted by atomic mass is 31.2. The first-order valence-corrected chi connectivity index (χ1v) is 18.3. The van der Waals surface area contributed by atoms with Crippen LogP contribution >= 0.6 is 7.14 Å². The molecule has 49 heavy (non-hydrogen) atoms. The quantitative estimate of drug-likeness (QED) is 0.141. The topological polar surface area (TPSA) is 26.3 Å². The summed E-state index contributed by atoms with van der Waals surface area (Å²) in [6.45, 7) is 0. The average molecular weight is 645 g/mol. The van der Waals surface area contributed by atoms with Gasteiger partial charge in [-0.25, -0.2) is 0 Å². The highest BCUT2D eigenvalue weighted by Crippen LogP contribution is 2.53. The Morgan fingerprint density at radius 1 is 0.388 bits per heavy atom. The maximum Gasteiger partial charge on any atom is 0.178 e. The second-order valence-electron chi connectivity index (χ2n) is 12.8. The average Bonchev–Trinajstić information content (AvgIpc) is 3.16. The van der Waals surface area contributed by atoms with Crippen LogP contribution in [0.5, 0.6) is 11.5 Å². The van der Waals surface area contributed by atoms with Gasteiger partial charge >= 0.3 is 0 Å². The van der Waals surface area contributed by atoms with E-state index in [0.29, 0.717) is 11.5 Å². The second-order valence-corrected chi connectivity index (χ2v) is 15.5. The van der Waals surface area contributed by atoms with Gasteiger partial charge in [-0.15, -0.1) is 0 Å². The number of para-hydroxylation sites is 1. The Balaban J connectivity index is 1.27. The van der Waals surface area contributed by atoms with Crippen LogP contribution in [-0.2, 0) is 4.57 Å². The summed E-state index contributed by atoms with van der Waals surface area (Å²) in [7, 11) is -3.33. The molecule has 0 radical (unpaired) electrons. The van der Waals surface area contributed by atoms with E-state index < -0.39 is 7.14 Å². The third kappa shape index (κ3) is 4.18. The monoisotopic (exact) mass is 644 g/mol. The van der Waals surface area contributed by atoms with Gasteiger partial charge in [0.1, 0.15) is 11.5 Å². The lowest BCUT2D eigenvalue weighted by molar-refractivity contribution is 0.485. The van der Waals surface area contributed by atoms with Gasteiger partial charge < -0.3 is 9.30 Å². The summed E-state index contributed by atoms with van der Waals surface area (Å²) in [5.41, 5.74) is 4.58. The van der Waals surface area contributed by atoms with Crippen molar-refractivity contribution in [3.63, 3.8) is 0 Å². The van der Waals surface area contributed by atoms with Crippen molar-refractivity contribution in [2.24, 2.45) is 0 Å². The predicted molar refractivity (Wildman–Crippen MR) is 207 cm³/mol. The van der Waals surface area contributed by atoms with E-state index in [-0.39, 0.29) is 0 Å². The van der Waals surface area contributed by atoms with Crippen molar-refractivity contribution in [1.29, 1.82) is 0 Å². The number of rotatable bonds is 3.